The van der Waals surface area contributed by atoms with Crippen LogP contribution in [0.2, 0.25) is 0 Å². The largest absolute Gasteiger partial charge is 0.381 e. The van der Waals surface area contributed by atoms with Crippen LogP contribution in [0.15, 0.2) is 24.8 Å². The molecule has 3 saturated heterocycles. The first-order valence-electron chi connectivity index (χ1n) is 12.7. The van der Waals surface area contributed by atoms with Crippen molar-refractivity contribution in [1.82, 2.24) is 19.9 Å². The molecule has 0 bridgehead atoms. The predicted molar refractivity (Wildman–Crippen MR) is 136 cm³/mol. The third-order valence-corrected chi connectivity index (χ3v) is 6.73. The molecule has 34 heavy (non-hydrogen) atoms. The van der Waals surface area contributed by atoms with E-state index >= 15 is 0 Å². The molecule has 0 amide bonds. The minimum absolute atomic E-state index is 0.161. The maximum atomic E-state index is 5.53. The first-order valence-corrected chi connectivity index (χ1v) is 12.7. The Kier molecular flexibility index (Phi) is 8.82. The number of aryl methyl sites for hydroxylation is 2. The maximum Gasteiger partial charge on any atom is 0.225 e. The number of hydrogen-bond donors (Lipinski definition) is 0. The van der Waals surface area contributed by atoms with Crippen LogP contribution in [0.1, 0.15) is 58.1 Å². The van der Waals surface area contributed by atoms with E-state index in [0.29, 0.717) is 11.5 Å². The van der Waals surface area contributed by atoms with E-state index in [0.717, 1.165) is 55.8 Å². The van der Waals surface area contributed by atoms with Gasteiger partial charge in [0.05, 0.1) is 25.8 Å². The minimum atomic E-state index is 0.161. The Morgan fingerprint density at radius 1 is 0.794 bits per heavy atom. The van der Waals surface area contributed by atoms with Crippen molar-refractivity contribution in [2.45, 2.75) is 72.5 Å². The average molecular weight is 471 g/mol. The van der Waals surface area contributed by atoms with E-state index < -0.39 is 0 Å². The van der Waals surface area contributed by atoms with E-state index in [1.807, 2.05) is 66.3 Å². The monoisotopic (exact) mass is 470 g/mol. The molecule has 8 heteroatoms. The van der Waals surface area contributed by atoms with E-state index in [1.54, 1.807) is 7.11 Å². The quantitative estimate of drug-likeness (QED) is 0.660. The fourth-order valence-electron chi connectivity index (χ4n) is 4.76. The van der Waals surface area contributed by atoms with Gasteiger partial charge in [-0.25, -0.2) is 19.9 Å². The summed E-state index contributed by atoms with van der Waals surface area (Å²) in [6.07, 6.45) is 11.6. The molecule has 0 aromatic carbocycles. The highest BCUT2D eigenvalue weighted by Crippen LogP contribution is 2.50. The number of rotatable bonds is 3. The fraction of sp³-hybridized carbons (Fsp3) is 0.692. The third-order valence-electron chi connectivity index (χ3n) is 6.73. The molecule has 2 aromatic rings. The van der Waals surface area contributed by atoms with Gasteiger partial charge < -0.3 is 19.3 Å². The van der Waals surface area contributed by atoms with Crippen molar-refractivity contribution in [1.29, 1.82) is 0 Å². The molecule has 0 radical (unpaired) electrons. The van der Waals surface area contributed by atoms with Gasteiger partial charge in [0.1, 0.15) is 5.60 Å². The highest BCUT2D eigenvalue weighted by atomic mass is 16.5. The lowest BCUT2D eigenvalue weighted by atomic mass is 9.62. The molecule has 8 nitrogen and oxygen atoms in total. The van der Waals surface area contributed by atoms with E-state index in [9.17, 15) is 0 Å². The number of methoxy groups -OCH3 is 1. The van der Waals surface area contributed by atoms with Crippen LogP contribution in [-0.2, 0) is 9.47 Å². The van der Waals surface area contributed by atoms with Crippen LogP contribution in [0.4, 0.5) is 11.9 Å². The third kappa shape index (κ3) is 5.66. The molecule has 0 atom stereocenters. The van der Waals surface area contributed by atoms with E-state index in [4.69, 9.17) is 9.47 Å². The summed E-state index contributed by atoms with van der Waals surface area (Å²) >= 11 is 0. The molecule has 0 unspecified atom stereocenters. The van der Waals surface area contributed by atoms with Crippen LogP contribution in [0.25, 0.3) is 0 Å². The van der Waals surface area contributed by atoms with Crippen LogP contribution in [0.5, 0.6) is 0 Å². The smallest absolute Gasteiger partial charge is 0.225 e. The van der Waals surface area contributed by atoms with E-state index in [1.165, 1.54) is 19.3 Å². The van der Waals surface area contributed by atoms with Gasteiger partial charge in [-0.3, -0.25) is 0 Å². The SMILES string of the molecule is CC.CC.COC1CC2(C1)CN(c1ncc(C)cn1)C2.Cc1cnc(N2CC3(CCO3)C2)nc1. The first-order chi connectivity index (χ1) is 16.5. The molecular formula is C26H42N6O2. The molecule has 0 N–H and O–H groups in total. The number of aromatic nitrogens is 4. The van der Waals surface area contributed by atoms with Crippen LogP contribution >= 0.6 is 0 Å². The second-order valence-corrected chi connectivity index (χ2v) is 9.38. The Morgan fingerprint density at radius 3 is 1.56 bits per heavy atom. The zero-order chi connectivity index (χ0) is 24.8. The molecule has 3 aliphatic heterocycles. The predicted octanol–water partition coefficient (Wildman–Crippen LogP) is 4.22. The highest BCUT2D eigenvalue weighted by molar-refractivity contribution is 5.39. The van der Waals surface area contributed by atoms with Gasteiger partial charge in [0.2, 0.25) is 11.9 Å². The Hall–Kier alpha value is -2.32. The van der Waals surface area contributed by atoms with E-state index in [-0.39, 0.29) is 5.60 Å². The van der Waals surface area contributed by atoms with Gasteiger partial charge in [-0.05, 0) is 37.8 Å². The van der Waals surface area contributed by atoms with Crippen molar-refractivity contribution in [2.75, 3.05) is 49.7 Å². The van der Waals surface area contributed by atoms with Gasteiger partial charge in [-0.15, -0.1) is 0 Å². The summed E-state index contributed by atoms with van der Waals surface area (Å²) < 4.78 is 10.9. The average Bonchev–Trinajstić information content (AvgIpc) is 2.76. The molecule has 2 spiro atoms. The summed E-state index contributed by atoms with van der Waals surface area (Å²) in [7, 11) is 1.80. The van der Waals surface area contributed by atoms with Gasteiger partial charge in [-0.1, -0.05) is 27.7 Å². The molecule has 1 aliphatic carbocycles. The molecule has 188 valence electrons. The van der Waals surface area contributed by atoms with Crippen LogP contribution < -0.4 is 9.80 Å². The Labute approximate surface area is 205 Å². The molecule has 4 fully saturated rings. The maximum absolute atomic E-state index is 5.53. The Morgan fingerprint density at radius 2 is 1.21 bits per heavy atom. The summed E-state index contributed by atoms with van der Waals surface area (Å²) in [5.41, 5.74) is 2.88. The fourth-order valence-corrected chi connectivity index (χ4v) is 4.76. The van der Waals surface area contributed by atoms with Gasteiger partial charge >= 0.3 is 0 Å². The summed E-state index contributed by atoms with van der Waals surface area (Å²) in [5.74, 6) is 1.70. The van der Waals surface area contributed by atoms with Crippen molar-refractivity contribution in [3.8, 4) is 0 Å². The lowest BCUT2D eigenvalue weighted by Crippen LogP contribution is -2.68. The van der Waals surface area contributed by atoms with Gasteiger partial charge in [0.15, 0.2) is 0 Å². The Bertz CT molecular complexity index is 863. The highest BCUT2D eigenvalue weighted by Gasteiger charge is 2.53. The minimum Gasteiger partial charge on any atom is -0.381 e. The van der Waals surface area contributed by atoms with Crippen molar-refractivity contribution in [3.05, 3.63) is 35.9 Å². The number of hydrogen-bond acceptors (Lipinski definition) is 8. The lowest BCUT2D eigenvalue weighted by molar-refractivity contribution is -0.161. The van der Waals surface area contributed by atoms with Crippen molar-refractivity contribution in [2.24, 2.45) is 5.41 Å². The summed E-state index contributed by atoms with van der Waals surface area (Å²) in [5, 5.41) is 0. The standard InChI is InChI=1S/C12H17N3O.C10H13N3O.2C2H6/c1-9-5-13-11(14-6-9)15-7-12(8-15)3-10(4-12)16-2;1-8-4-11-9(12-5-8)13-6-10(7-13)2-3-14-10;2*1-2/h5-6,10H,3-4,7-8H2,1-2H3;4-5H,2-3,6-7H2,1H3;2*1-2H3. The van der Waals surface area contributed by atoms with Crippen LogP contribution in [0, 0.1) is 19.3 Å². The topological polar surface area (TPSA) is 76.5 Å². The zero-order valence-electron chi connectivity index (χ0n) is 22.0. The number of ether oxygens (including phenoxy) is 2. The summed E-state index contributed by atoms with van der Waals surface area (Å²) in [6.45, 7) is 17.0. The normalized spacial score (nSPS) is 20.7. The molecule has 4 aliphatic rings. The van der Waals surface area contributed by atoms with Crippen LogP contribution in [0.3, 0.4) is 0 Å². The zero-order valence-corrected chi connectivity index (χ0v) is 22.0. The van der Waals surface area contributed by atoms with Gasteiger partial charge in [0, 0.05) is 56.8 Å². The molecule has 1 saturated carbocycles. The second kappa shape index (κ2) is 11.4. The van der Waals surface area contributed by atoms with Crippen molar-refractivity contribution < 1.29 is 9.47 Å². The van der Waals surface area contributed by atoms with E-state index in [2.05, 4.69) is 29.7 Å². The number of nitrogens with zero attached hydrogens (tertiary/aromatic N) is 6. The Balaban J connectivity index is 0.000000168. The van der Waals surface area contributed by atoms with Gasteiger partial charge in [0.25, 0.3) is 0 Å². The van der Waals surface area contributed by atoms with Crippen molar-refractivity contribution in [3.63, 3.8) is 0 Å². The first kappa shape index (κ1) is 26.3. The van der Waals surface area contributed by atoms with Crippen LogP contribution in [-0.4, -0.2) is 71.5 Å². The number of anilines is 2. The lowest BCUT2D eigenvalue weighted by Gasteiger charge is -2.58. The van der Waals surface area contributed by atoms with Crippen molar-refractivity contribution >= 4 is 11.9 Å². The molecule has 6 rings (SSSR count). The molecular weight excluding hydrogens is 428 g/mol. The van der Waals surface area contributed by atoms with Gasteiger partial charge in [-0.2, -0.15) is 0 Å². The summed E-state index contributed by atoms with van der Waals surface area (Å²) in [6, 6.07) is 0. The molecule has 2 aromatic heterocycles. The summed E-state index contributed by atoms with van der Waals surface area (Å²) in [4.78, 5) is 21.7. The second-order valence-electron chi connectivity index (χ2n) is 9.38. The molecule has 5 heterocycles.